The number of nitrogens with zero attached hydrogens (tertiary/aromatic N) is 2. The highest BCUT2D eigenvalue weighted by atomic mass is 32.2. The lowest BCUT2D eigenvalue weighted by Gasteiger charge is -2.37. The van der Waals surface area contributed by atoms with E-state index in [2.05, 4.69) is 13.2 Å². The van der Waals surface area contributed by atoms with Crippen LogP contribution in [0, 0.1) is 25.7 Å². The molecular formula is C30H40N2O5S. The molecule has 2 unspecified atom stereocenters. The SMILES string of the molecule is C=CCCOC(=O)[C@@H]1[C@H]2C(=O)N(CCCCCO)C(C(=O)N(CC=C)c3cc(C)ccc3C)C23CC[C@H]1S3. The smallest absolute Gasteiger partial charge is 0.310 e. The Morgan fingerprint density at radius 3 is 2.74 bits per heavy atom. The van der Waals surface area contributed by atoms with Gasteiger partial charge in [0.2, 0.25) is 5.91 Å². The number of anilines is 1. The van der Waals surface area contributed by atoms with Gasteiger partial charge >= 0.3 is 5.97 Å². The number of aliphatic hydroxyl groups excluding tert-OH is 1. The summed E-state index contributed by atoms with van der Waals surface area (Å²) in [5.41, 5.74) is 2.84. The summed E-state index contributed by atoms with van der Waals surface area (Å²) in [7, 11) is 0. The van der Waals surface area contributed by atoms with Crippen LogP contribution >= 0.6 is 11.8 Å². The average Bonchev–Trinajstić information content (AvgIpc) is 3.54. The van der Waals surface area contributed by atoms with Gasteiger partial charge < -0.3 is 19.6 Å². The highest BCUT2D eigenvalue weighted by Crippen LogP contribution is 2.66. The summed E-state index contributed by atoms with van der Waals surface area (Å²) in [6, 6.07) is 5.36. The molecule has 1 spiro atoms. The predicted octanol–water partition coefficient (Wildman–Crippen LogP) is 4.20. The van der Waals surface area contributed by atoms with Gasteiger partial charge in [-0.3, -0.25) is 14.4 Å². The van der Waals surface area contributed by atoms with E-state index >= 15 is 0 Å². The van der Waals surface area contributed by atoms with Gasteiger partial charge in [-0.1, -0.05) is 24.3 Å². The molecule has 38 heavy (non-hydrogen) atoms. The largest absolute Gasteiger partial charge is 0.465 e. The third kappa shape index (κ3) is 5.05. The van der Waals surface area contributed by atoms with Crippen molar-refractivity contribution in [1.82, 2.24) is 4.90 Å². The fourth-order valence-corrected chi connectivity index (χ4v) is 8.65. The summed E-state index contributed by atoms with van der Waals surface area (Å²) in [6.45, 7) is 12.7. The van der Waals surface area contributed by atoms with Crippen LogP contribution in [0.25, 0.3) is 0 Å². The maximum atomic E-state index is 14.6. The molecule has 2 amide bonds. The van der Waals surface area contributed by atoms with Gasteiger partial charge in [-0.25, -0.2) is 0 Å². The van der Waals surface area contributed by atoms with E-state index in [0.29, 0.717) is 38.8 Å². The number of rotatable bonds is 13. The normalized spacial score (nSPS) is 27.3. The number of esters is 1. The monoisotopic (exact) mass is 540 g/mol. The Labute approximate surface area is 230 Å². The van der Waals surface area contributed by atoms with Crippen LogP contribution in [0.4, 0.5) is 5.69 Å². The molecule has 3 saturated heterocycles. The topological polar surface area (TPSA) is 87.1 Å². The number of fused-ring (bicyclic) bond motifs is 1. The molecule has 5 atom stereocenters. The number of carbonyl (C=O) groups excluding carboxylic acids is 3. The second kappa shape index (κ2) is 12.1. The fourth-order valence-electron chi connectivity index (χ4n) is 6.44. The van der Waals surface area contributed by atoms with Crippen molar-refractivity contribution in [1.29, 1.82) is 0 Å². The molecule has 7 nitrogen and oxygen atoms in total. The van der Waals surface area contributed by atoms with Crippen LogP contribution in [0.3, 0.4) is 0 Å². The average molecular weight is 541 g/mol. The number of carbonyl (C=O) groups is 3. The van der Waals surface area contributed by atoms with Crippen molar-refractivity contribution in [2.24, 2.45) is 11.8 Å². The molecule has 3 aliphatic heterocycles. The minimum absolute atomic E-state index is 0.0272. The van der Waals surface area contributed by atoms with Crippen LogP contribution in [0.5, 0.6) is 0 Å². The van der Waals surface area contributed by atoms with Gasteiger partial charge in [-0.05, 0) is 69.6 Å². The van der Waals surface area contributed by atoms with Crippen molar-refractivity contribution in [3.63, 3.8) is 0 Å². The van der Waals surface area contributed by atoms with Crippen molar-refractivity contribution >= 4 is 35.2 Å². The zero-order chi connectivity index (χ0) is 27.4. The fraction of sp³-hybridized carbons (Fsp3) is 0.567. The maximum absolute atomic E-state index is 14.6. The van der Waals surface area contributed by atoms with E-state index in [1.807, 2.05) is 32.0 Å². The van der Waals surface area contributed by atoms with Gasteiger partial charge in [0.15, 0.2) is 0 Å². The van der Waals surface area contributed by atoms with Crippen LogP contribution in [-0.4, -0.2) is 70.1 Å². The molecule has 0 aromatic heterocycles. The van der Waals surface area contributed by atoms with E-state index in [4.69, 9.17) is 4.74 Å². The Morgan fingerprint density at radius 2 is 2.03 bits per heavy atom. The van der Waals surface area contributed by atoms with Crippen molar-refractivity contribution in [3.05, 3.63) is 54.6 Å². The molecule has 4 rings (SSSR count). The summed E-state index contributed by atoms with van der Waals surface area (Å²) >= 11 is 1.65. The molecule has 0 saturated carbocycles. The third-order valence-electron chi connectivity index (χ3n) is 8.16. The first kappa shape index (κ1) is 28.4. The van der Waals surface area contributed by atoms with E-state index in [-0.39, 0.29) is 36.2 Å². The van der Waals surface area contributed by atoms with E-state index in [1.54, 1.807) is 33.7 Å². The molecule has 8 heteroatoms. The van der Waals surface area contributed by atoms with E-state index in [9.17, 15) is 19.5 Å². The highest BCUT2D eigenvalue weighted by Gasteiger charge is 2.74. The Morgan fingerprint density at radius 1 is 1.24 bits per heavy atom. The molecule has 1 N–H and O–H groups in total. The van der Waals surface area contributed by atoms with E-state index < -0.39 is 22.6 Å². The van der Waals surface area contributed by atoms with Gasteiger partial charge in [-0.15, -0.1) is 24.9 Å². The number of thioether (sulfide) groups is 1. The molecule has 2 bridgehead atoms. The van der Waals surface area contributed by atoms with Crippen molar-refractivity contribution in [2.45, 2.75) is 68.4 Å². The molecule has 0 aliphatic carbocycles. The molecule has 1 aromatic rings. The first-order chi connectivity index (χ1) is 18.3. The molecule has 1 aromatic carbocycles. The molecule has 3 aliphatic rings. The zero-order valence-electron chi connectivity index (χ0n) is 22.6. The van der Waals surface area contributed by atoms with E-state index in [1.165, 1.54) is 0 Å². The number of hydrogen-bond acceptors (Lipinski definition) is 6. The number of aryl methyl sites for hydroxylation is 2. The minimum Gasteiger partial charge on any atom is -0.465 e. The minimum atomic E-state index is -0.671. The lowest BCUT2D eigenvalue weighted by Crippen LogP contribution is -2.55. The number of likely N-dealkylation sites (tertiary alicyclic amines) is 1. The van der Waals surface area contributed by atoms with Gasteiger partial charge in [0, 0.05) is 30.6 Å². The number of hydrogen-bond donors (Lipinski definition) is 1. The molecule has 206 valence electrons. The molecular weight excluding hydrogens is 500 g/mol. The first-order valence-electron chi connectivity index (χ1n) is 13.7. The Hall–Kier alpha value is -2.58. The standard InChI is InChI=1S/C30H40N2O5S/c1-5-7-18-37-29(36)24-23-13-14-30(38-23)25(24)27(34)32(16-9-8-10-17-33)26(30)28(35)31(15-6-2)22-19-20(3)11-12-21(22)4/h5-6,11-12,19,23-26,33H,1-2,7-10,13-18H2,3-4H3/t23-,24+,25+,26?,30?/m1/s1. The number of ether oxygens (including phenoxy) is 1. The van der Waals surface area contributed by atoms with Gasteiger partial charge in [0.25, 0.3) is 5.91 Å². The number of aliphatic hydroxyl groups is 1. The van der Waals surface area contributed by atoms with E-state index in [0.717, 1.165) is 29.7 Å². The maximum Gasteiger partial charge on any atom is 0.310 e. The van der Waals surface area contributed by atoms with Crippen LogP contribution in [0.15, 0.2) is 43.5 Å². The lowest BCUT2D eigenvalue weighted by molar-refractivity contribution is -0.154. The van der Waals surface area contributed by atoms with Crippen LogP contribution in [-0.2, 0) is 19.1 Å². The Bertz CT molecular complexity index is 1090. The number of unbranched alkanes of at least 4 members (excludes halogenated alkanes) is 2. The second-order valence-electron chi connectivity index (χ2n) is 10.6. The van der Waals surface area contributed by atoms with Crippen molar-refractivity contribution in [3.8, 4) is 0 Å². The third-order valence-corrected chi connectivity index (χ3v) is 10.1. The molecule has 3 heterocycles. The molecule has 0 radical (unpaired) electrons. The predicted molar refractivity (Wildman–Crippen MR) is 151 cm³/mol. The first-order valence-corrected chi connectivity index (χ1v) is 14.5. The van der Waals surface area contributed by atoms with Gasteiger partial charge in [0.1, 0.15) is 6.04 Å². The van der Waals surface area contributed by atoms with Crippen molar-refractivity contribution < 1.29 is 24.2 Å². The number of benzene rings is 1. The van der Waals surface area contributed by atoms with Crippen LogP contribution in [0.2, 0.25) is 0 Å². The quantitative estimate of drug-likeness (QED) is 0.229. The lowest BCUT2D eigenvalue weighted by atomic mass is 9.71. The number of amides is 2. The summed E-state index contributed by atoms with van der Waals surface area (Å²) in [5, 5.41) is 9.22. The van der Waals surface area contributed by atoms with Gasteiger partial charge in [0.05, 0.1) is 23.2 Å². The summed E-state index contributed by atoms with van der Waals surface area (Å²) < 4.78 is 4.91. The van der Waals surface area contributed by atoms with Crippen LogP contribution < -0.4 is 4.90 Å². The molecule has 3 fully saturated rings. The van der Waals surface area contributed by atoms with Crippen molar-refractivity contribution in [2.75, 3.05) is 31.2 Å². The van der Waals surface area contributed by atoms with Gasteiger partial charge in [-0.2, -0.15) is 0 Å². The highest BCUT2D eigenvalue weighted by molar-refractivity contribution is 8.02. The second-order valence-corrected chi connectivity index (χ2v) is 12.2. The Kier molecular flexibility index (Phi) is 9.04. The Balaban J connectivity index is 1.72. The summed E-state index contributed by atoms with van der Waals surface area (Å²) in [4.78, 5) is 45.4. The summed E-state index contributed by atoms with van der Waals surface area (Å²) in [6.07, 6.45) is 7.57. The van der Waals surface area contributed by atoms with Crippen LogP contribution in [0.1, 0.15) is 49.7 Å². The summed E-state index contributed by atoms with van der Waals surface area (Å²) in [5.74, 6) is -1.69. The zero-order valence-corrected chi connectivity index (χ0v) is 23.4.